The standard InChI is InChI=1S/C26H24FN5O3/c27-21-8-4-5-9-22(21)28-26(34)23-11-10-20(35-23)18-32-25(33)13-12-24(29-32)31-16-14-30(15-17-31)19-6-2-1-3-7-19/h1-13H,14-18H2,(H,28,34). The van der Waals surface area contributed by atoms with Gasteiger partial charge < -0.3 is 19.5 Å². The summed E-state index contributed by atoms with van der Waals surface area (Å²) < 4.78 is 20.7. The second-order valence-electron chi connectivity index (χ2n) is 8.20. The maximum Gasteiger partial charge on any atom is 0.291 e. The predicted molar refractivity (Wildman–Crippen MR) is 132 cm³/mol. The second kappa shape index (κ2) is 9.84. The topological polar surface area (TPSA) is 83.6 Å². The van der Waals surface area contributed by atoms with Crippen molar-refractivity contribution in [3.63, 3.8) is 0 Å². The molecule has 0 saturated carbocycles. The molecule has 3 heterocycles. The lowest BCUT2D eigenvalue weighted by molar-refractivity contribution is 0.0994. The average molecular weight is 474 g/mol. The van der Waals surface area contributed by atoms with Crippen molar-refractivity contribution in [1.29, 1.82) is 0 Å². The molecule has 4 aromatic rings. The molecule has 0 bridgehead atoms. The van der Waals surface area contributed by atoms with Crippen LogP contribution in [0.5, 0.6) is 0 Å². The number of furan rings is 1. The monoisotopic (exact) mass is 473 g/mol. The number of nitrogens with one attached hydrogen (secondary N) is 1. The van der Waals surface area contributed by atoms with Gasteiger partial charge in [0, 0.05) is 37.9 Å². The molecular formula is C26H24FN5O3. The number of carbonyl (C=O) groups excluding carboxylic acids is 1. The van der Waals surface area contributed by atoms with Gasteiger partial charge in [0.15, 0.2) is 5.76 Å². The Morgan fingerprint density at radius 2 is 1.60 bits per heavy atom. The van der Waals surface area contributed by atoms with Gasteiger partial charge in [0.05, 0.1) is 5.69 Å². The molecule has 0 spiro atoms. The third kappa shape index (κ3) is 5.08. The van der Waals surface area contributed by atoms with E-state index in [1.807, 2.05) is 18.2 Å². The number of halogens is 1. The van der Waals surface area contributed by atoms with E-state index in [1.165, 1.54) is 40.7 Å². The lowest BCUT2D eigenvalue weighted by Crippen LogP contribution is -2.47. The van der Waals surface area contributed by atoms with Gasteiger partial charge in [-0.25, -0.2) is 9.07 Å². The SMILES string of the molecule is O=C(Nc1ccccc1F)c1ccc(Cn2nc(N3CCN(c4ccccc4)CC3)ccc2=O)o1. The zero-order chi connectivity index (χ0) is 24.2. The third-order valence-corrected chi connectivity index (χ3v) is 5.89. The molecule has 0 aliphatic carbocycles. The van der Waals surface area contributed by atoms with E-state index in [0.717, 1.165) is 26.2 Å². The summed E-state index contributed by atoms with van der Waals surface area (Å²) in [5.74, 6) is 0.00620. The first-order valence-electron chi connectivity index (χ1n) is 11.3. The van der Waals surface area contributed by atoms with Crippen LogP contribution in [0.1, 0.15) is 16.3 Å². The molecule has 5 rings (SSSR count). The molecular weight excluding hydrogens is 449 g/mol. The molecule has 9 heteroatoms. The van der Waals surface area contributed by atoms with Crippen molar-refractivity contribution in [1.82, 2.24) is 9.78 Å². The van der Waals surface area contributed by atoms with Gasteiger partial charge in [0.25, 0.3) is 11.5 Å². The molecule has 0 atom stereocenters. The molecule has 2 aromatic carbocycles. The summed E-state index contributed by atoms with van der Waals surface area (Å²) in [4.78, 5) is 29.3. The lowest BCUT2D eigenvalue weighted by atomic mass is 10.2. The Morgan fingerprint density at radius 3 is 2.37 bits per heavy atom. The van der Waals surface area contributed by atoms with Gasteiger partial charge in [-0.15, -0.1) is 0 Å². The van der Waals surface area contributed by atoms with Crippen LogP contribution < -0.4 is 20.7 Å². The highest BCUT2D eigenvalue weighted by Gasteiger charge is 2.19. The van der Waals surface area contributed by atoms with Crippen molar-refractivity contribution >= 4 is 23.1 Å². The van der Waals surface area contributed by atoms with E-state index in [0.29, 0.717) is 11.6 Å². The van der Waals surface area contributed by atoms with Gasteiger partial charge in [-0.3, -0.25) is 9.59 Å². The smallest absolute Gasteiger partial charge is 0.291 e. The number of aromatic nitrogens is 2. The van der Waals surface area contributed by atoms with Crippen molar-refractivity contribution in [3.05, 3.63) is 107 Å². The quantitative estimate of drug-likeness (QED) is 0.461. The Balaban J connectivity index is 1.25. The number of hydrogen-bond acceptors (Lipinski definition) is 6. The summed E-state index contributed by atoms with van der Waals surface area (Å²) in [5, 5.41) is 7.00. The molecule has 8 nitrogen and oxygen atoms in total. The Kier molecular flexibility index (Phi) is 6.30. The van der Waals surface area contributed by atoms with Gasteiger partial charge in [0.2, 0.25) is 0 Å². The number of piperazine rings is 1. The maximum absolute atomic E-state index is 13.8. The number of para-hydroxylation sites is 2. The van der Waals surface area contributed by atoms with E-state index in [9.17, 15) is 14.0 Å². The van der Waals surface area contributed by atoms with Gasteiger partial charge in [-0.2, -0.15) is 5.10 Å². The van der Waals surface area contributed by atoms with Crippen molar-refractivity contribution < 1.29 is 13.6 Å². The number of nitrogens with zero attached hydrogens (tertiary/aromatic N) is 4. The van der Waals surface area contributed by atoms with E-state index >= 15 is 0 Å². The second-order valence-corrected chi connectivity index (χ2v) is 8.20. The van der Waals surface area contributed by atoms with Gasteiger partial charge in [0.1, 0.15) is 23.9 Å². The number of benzene rings is 2. The van der Waals surface area contributed by atoms with E-state index in [2.05, 4.69) is 32.3 Å². The van der Waals surface area contributed by atoms with Crippen LogP contribution in [-0.2, 0) is 6.54 Å². The number of rotatable bonds is 6. The summed E-state index contributed by atoms with van der Waals surface area (Å²) in [6, 6.07) is 22.5. The number of carbonyl (C=O) groups is 1. The average Bonchev–Trinajstić information content (AvgIpc) is 3.36. The molecule has 1 saturated heterocycles. The van der Waals surface area contributed by atoms with Crippen molar-refractivity contribution in [2.45, 2.75) is 6.54 Å². The Morgan fingerprint density at radius 1 is 0.886 bits per heavy atom. The lowest BCUT2D eigenvalue weighted by Gasteiger charge is -2.36. The summed E-state index contributed by atoms with van der Waals surface area (Å²) in [6.07, 6.45) is 0. The van der Waals surface area contributed by atoms with Crippen LogP contribution in [0.15, 0.2) is 88.1 Å². The van der Waals surface area contributed by atoms with Gasteiger partial charge in [-0.05, 0) is 42.5 Å². The maximum atomic E-state index is 13.8. The molecule has 178 valence electrons. The van der Waals surface area contributed by atoms with Crippen LogP contribution in [0.25, 0.3) is 0 Å². The van der Waals surface area contributed by atoms with E-state index in [1.54, 1.807) is 18.2 Å². The molecule has 1 fully saturated rings. The Labute approximate surface area is 201 Å². The Bertz CT molecular complexity index is 1380. The summed E-state index contributed by atoms with van der Waals surface area (Å²) in [6.45, 7) is 3.33. The summed E-state index contributed by atoms with van der Waals surface area (Å²) in [5.41, 5.74) is 0.983. The molecule has 0 unspecified atom stereocenters. The van der Waals surface area contributed by atoms with Crippen molar-refractivity contribution in [2.75, 3.05) is 41.3 Å². The number of amides is 1. The zero-order valence-electron chi connectivity index (χ0n) is 18.9. The van der Waals surface area contributed by atoms with Crippen LogP contribution in [0, 0.1) is 5.82 Å². The highest BCUT2D eigenvalue weighted by Crippen LogP contribution is 2.19. The molecule has 1 N–H and O–H groups in total. The molecule has 0 radical (unpaired) electrons. The largest absolute Gasteiger partial charge is 0.454 e. The van der Waals surface area contributed by atoms with Gasteiger partial charge in [-0.1, -0.05) is 30.3 Å². The Hall–Kier alpha value is -4.40. The normalized spacial score (nSPS) is 13.6. The molecule has 1 aliphatic heterocycles. The molecule has 1 amide bonds. The fraction of sp³-hybridized carbons (Fsp3) is 0.192. The predicted octanol–water partition coefficient (Wildman–Crippen LogP) is 3.60. The highest BCUT2D eigenvalue weighted by atomic mass is 19.1. The highest BCUT2D eigenvalue weighted by molar-refractivity contribution is 6.02. The fourth-order valence-corrected chi connectivity index (χ4v) is 4.03. The molecule has 2 aromatic heterocycles. The van der Waals surface area contributed by atoms with Crippen LogP contribution in [0.2, 0.25) is 0 Å². The first-order chi connectivity index (χ1) is 17.1. The number of hydrogen-bond donors (Lipinski definition) is 1. The first-order valence-corrected chi connectivity index (χ1v) is 11.3. The van der Waals surface area contributed by atoms with E-state index in [-0.39, 0.29) is 23.6 Å². The zero-order valence-corrected chi connectivity index (χ0v) is 18.9. The van der Waals surface area contributed by atoms with Crippen LogP contribution in [0.4, 0.5) is 21.6 Å². The minimum Gasteiger partial charge on any atom is -0.454 e. The van der Waals surface area contributed by atoms with E-state index < -0.39 is 11.7 Å². The van der Waals surface area contributed by atoms with Crippen LogP contribution in [-0.4, -0.2) is 41.9 Å². The van der Waals surface area contributed by atoms with Crippen molar-refractivity contribution in [2.24, 2.45) is 0 Å². The van der Waals surface area contributed by atoms with Gasteiger partial charge >= 0.3 is 0 Å². The van der Waals surface area contributed by atoms with Crippen LogP contribution >= 0.6 is 0 Å². The van der Waals surface area contributed by atoms with Crippen molar-refractivity contribution in [3.8, 4) is 0 Å². The fourth-order valence-electron chi connectivity index (χ4n) is 4.03. The summed E-state index contributed by atoms with van der Waals surface area (Å²) in [7, 11) is 0. The molecule has 35 heavy (non-hydrogen) atoms. The third-order valence-electron chi connectivity index (χ3n) is 5.89. The van der Waals surface area contributed by atoms with Crippen LogP contribution in [0.3, 0.4) is 0 Å². The van der Waals surface area contributed by atoms with E-state index in [4.69, 9.17) is 4.42 Å². The molecule has 1 aliphatic rings. The first kappa shape index (κ1) is 22.4. The minimum atomic E-state index is -0.577. The summed E-state index contributed by atoms with van der Waals surface area (Å²) >= 11 is 0. The number of anilines is 3. The minimum absolute atomic E-state index is 0.0180.